The highest BCUT2D eigenvalue weighted by Gasteiger charge is 2.29. The number of carbonyl (C=O) groups excluding carboxylic acids is 1. The summed E-state index contributed by atoms with van der Waals surface area (Å²) in [6.45, 7) is 2.57. The van der Waals surface area contributed by atoms with Gasteiger partial charge in [-0.05, 0) is 84.9 Å². The largest absolute Gasteiger partial charge is 0.486 e. The average molecular weight is 499 g/mol. The zero-order valence-electron chi connectivity index (χ0n) is 21.2. The maximum absolute atomic E-state index is 13.1. The molecule has 1 unspecified atom stereocenters. The minimum absolute atomic E-state index is 0.0668. The van der Waals surface area contributed by atoms with E-state index in [9.17, 15) is 9.59 Å². The van der Waals surface area contributed by atoms with E-state index in [0.29, 0.717) is 18.4 Å². The molecule has 6 nitrogen and oxygen atoms in total. The van der Waals surface area contributed by atoms with Gasteiger partial charge in [0.1, 0.15) is 11.9 Å². The summed E-state index contributed by atoms with van der Waals surface area (Å²) in [4.78, 5) is 25.9. The number of nitrogens with zero attached hydrogens (tertiary/aromatic N) is 1. The second kappa shape index (κ2) is 11.1. The summed E-state index contributed by atoms with van der Waals surface area (Å²) in [6.07, 6.45) is 5.08. The summed E-state index contributed by atoms with van der Waals surface area (Å²) in [5, 5.41) is 12.1. The Kier molecular flexibility index (Phi) is 7.45. The Hall–Kier alpha value is -3.80. The second-order valence-corrected chi connectivity index (χ2v) is 10.2. The van der Waals surface area contributed by atoms with Gasteiger partial charge in [-0.3, -0.25) is 9.69 Å². The van der Waals surface area contributed by atoms with Gasteiger partial charge in [0.2, 0.25) is 0 Å². The summed E-state index contributed by atoms with van der Waals surface area (Å²) in [6, 6.07) is 24.1. The maximum Gasteiger partial charge on any atom is 0.326 e. The zero-order chi connectivity index (χ0) is 25.8. The van der Waals surface area contributed by atoms with Crippen LogP contribution in [-0.4, -0.2) is 29.8 Å². The highest BCUT2D eigenvalue weighted by molar-refractivity contribution is 6.03. The summed E-state index contributed by atoms with van der Waals surface area (Å²) < 4.78 is 6.27. The number of nitrogens with one attached hydrogen (secondary N) is 1. The lowest BCUT2D eigenvalue weighted by Gasteiger charge is -2.35. The van der Waals surface area contributed by atoms with Crippen LogP contribution in [0.2, 0.25) is 0 Å². The van der Waals surface area contributed by atoms with Crippen molar-refractivity contribution in [3.8, 4) is 16.9 Å². The first-order valence-corrected chi connectivity index (χ1v) is 13.3. The molecule has 0 saturated heterocycles. The Balaban J connectivity index is 1.31. The number of ether oxygens (including phenoxy) is 1. The first kappa shape index (κ1) is 24.9. The quantitative estimate of drug-likeness (QED) is 0.373. The van der Waals surface area contributed by atoms with Crippen molar-refractivity contribution in [3.05, 3.63) is 78.4 Å². The number of fused-ring (bicyclic) bond motifs is 1. The van der Waals surface area contributed by atoms with Gasteiger partial charge in [-0.15, -0.1) is 0 Å². The molecule has 192 valence electrons. The molecule has 2 N–H and O–H groups in total. The summed E-state index contributed by atoms with van der Waals surface area (Å²) in [5.74, 6) is 0.837. The number of urea groups is 1. The Labute approximate surface area is 218 Å². The molecular formula is C31H34N2O4. The minimum Gasteiger partial charge on any atom is -0.486 e. The number of anilines is 2. The van der Waals surface area contributed by atoms with Crippen molar-refractivity contribution in [1.82, 2.24) is 0 Å². The molecule has 1 fully saturated rings. The molecule has 0 bridgehead atoms. The van der Waals surface area contributed by atoms with E-state index in [4.69, 9.17) is 9.84 Å². The van der Waals surface area contributed by atoms with Gasteiger partial charge >= 0.3 is 12.0 Å². The molecule has 1 aliphatic carbocycles. The van der Waals surface area contributed by atoms with Crippen molar-refractivity contribution >= 4 is 23.4 Å². The van der Waals surface area contributed by atoms with Gasteiger partial charge in [-0.2, -0.15) is 0 Å². The molecule has 1 aliphatic heterocycles. The van der Waals surface area contributed by atoms with Gasteiger partial charge < -0.3 is 15.2 Å². The maximum atomic E-state index is 13.1. The fourth-order valence-electron chi connectivity index (χ4n) is 5.54. The van der Waals surface area contributed by atoms with Crippen molar-refractivity contribution < 1.29 is 19.4 Å². The fourth-order valence-corrected chi connectivity index (χ4v) is 5.54. The number of carboxylic acid groups (broad SMARTS) is 1. The number of rotatable bonds is 6. The number of para-hydroxylation sites is 1. The number of carbonyl (C=O) groups is 2. The van der Waals surface area contributed by atoms with Crippen molar-refractivity contribution in [2.75, 3.05) is 16.8 Å². The van der Waals surface area contributed by atoms with Gasteiger partial charge in [0.25, 0.3) is 0 Å². The highest BCUT2D eigenvalue weighted by Crippen LogP contribution is 2.40. The Bertz CT molecular complexity index is 1230. The van der Waals surface area contributed by atoms with Gasteiger partial charge in [0, 0.05) is 12.1 Å². The number of hydrogen-bond donors (Lipinski definition) is 2. The standard InChI is InChI=1S/C31H34N2O4/c1-2-27-20-33(31(36)32-26-6-4-3-5-7-26)28-17-16-25(19-29(28)37-27)24-14-12-23(13-15-24)22-10-8-21(9-11-22)18-30(34)35/h3-7,12-17,19,21-22,27H,2,8-11,18,20H2,1H3,(H,32,36)(H,34,35). The van der Waals surface area contributed by atoms with Crippen LogP contribution in [0.1, 0.15) is 56.9 Å². The molecule has 0 aromatic heterocycles. The van der Waals surface area contributed by atoms with Gasteiger partial charge in [-0.25, -0.2) is 4.79 Å². The molecule has 3 aromatic carbocycles. The van der Waals surface area contributed by atoms with E-state index in [-0.39, 0.29) is 18.6 Å². The van der Waals surface area contributed by atoms with Crippen LogP contribution in [0, 0.1) is 5.92 Å². The molecule has 1 heterocycles. The fraction of sp³-hybridized carbons (Fsp3) is 0.355. The van der Waals surface area contributed by atoms with Crippen molar-refractivity contribution in [1.29, 1.82) is 0 Å². The van der Waals surface area contributed by atoms with Crippen LogP contribution >= 0.6 is 0 Å². The van der Waals surface area contributed by atoms with E-state index in [1.165, 1.54) is 5.56 Å². The molecule has 0 spiro atoms. The second-order valence-electron chi connectivity index (χ2n) is 10.2. The Morgan fingerprint density at radius 3 is 2.32 bits per heavy atom. The predicted molar refractivity (Wildman–Crippen MR) is 146 cm³/mol. The van der Waals surface area contributed by atoms with Crippen LogP contribution in [0.15, 0.2) is 72.8 Å². The molecule has 5 rings (SSSR count). The number of carboxylic acids is 1. The molecule has 6 heteroatoms. The third-order valence-corrected chi connectivity index (χ3v) is 7.68. The summed E-state index contributed by atoms with van der Waals surface area (Å²) >= 11 is 0. The minimum atomic E-state index is -0.688. The molecular weight excluding hydrogens is 464 g/mol. The van der Waals surface area contributed by atoms with Crippen LogP contribution in [0.4, 0.5) is 16.2 Å². The highest BCUT2D eigenvalue weighted by atomic mass is 16.5. The van der Waals surface area contributed by atoms with E-state index < -0.39 is 5.97 Å². The molecule has 1 saturated carbocycles. The SMILES string of the molecule is CCC1CN(C(=O)Nc2ccccc2)c2ccc(-c3ccc(C4CCC(CC(=O)O)CC4)cc3)cc2O1. The van der Waals surface area contributed by atoms with Crippen molar-refractivity contribution in [2.45, 2.75) is 57.5 Å². The van der Waals surface area contributed by atoms with Crippen LogP contribution in [-0.2, 0) is 4.79 Å². The third-order valence-electron chi connectivity index (χ3n) is 7.68. The van der Waals surface area contributed by atoms with E-state index in [0.717, 1.165) is 60.4 Å². The summed E-state index contributed by atoms with van der Waals surface area (Å²) in [7, 11) is 0. The van der Waals surface area contributed by atoms with E-state index >= 15 is 0 Å². The average Bonchev–Trinajstić information content (AvgIpc) is 2.93. The molecule has 2 aliphatic rings. The van der Waals surface area contributed by atoms with Crippen molar-refractivity contribution in [2.24, 2.45) is 5.92 Å². The number of aliphatic carboxylic acids is 1. The van der Waals surface area contributed by atoms with Crippen LogP contribution in [0.25, 0.3) is 11.1 Å². The third kappa shape index (κ3) is 5.79. The Morgan fingerprint density at radius 1 is 0.946 bits per heavy atom. The lowest BCUT2D eigenvalue weighted by molar-refractivity contribution is -0.138. The number of benzene rings is 3. The lowest BCUT2D eigenvalue weighted by atomic mass is 9.77. The first-order chi connectivity index (χ1) is 18.0. The summed E-state index contributed by atoms with van der Waals surface area (Å²) in [5.41, 5.74) is 5.02. The Morgan fingerprint density at radius 2 is 1.65 bits per heavy atom. The number of hydrogen-bond acceptors (Lipinski definition) is 3. The van der Waals surface area contributed by atoms with E-state index in [2.05, 4.69) is 36.5 Å². The van der Waals surface area contributed by atoms with E-state index in [1.54, 1.807) is 4.90 Å². The molecule has 37 heavy (non-hydrogen) atoms. The lowest BCUT2D eigenvalue weighted by Crippen LogP contribution is -2.45. The van der Waals surface area contributed by atoms with Gasteiger partial charge in [0.15, 0.2) is 0 Å². The van der Waals surface area contributed by atoms with E-state index in [1.807, 2.05) is 48.5 Å². The molecule has 3 aromatic rings. The van der Waals surface area contributed by atoms with Gasteiger partial charge in [0.05, 0.1) is 12.2 Å². The van der Waals surface area contributed by atoms with Crippen LogP contribution in [0.5, 0.6) is 5.75 Å². The number of amides is 2. The first-order valence-electron chi connectivity index (χ1n) is 13.3. The predicted octanol–water partition coefficient (Wildman–Crippen LogP) is 7.31. The van der Waals surface area contributed by atoms with Crippen LogP contribution < -0.4 is 15.0 Å². The van der Waals surface area contributed by atoms with Crippen LogP contribution in [0.3, 0.4) is 0 Å². The monoisotopic (exact) mass is 498 g/mol. The topological polar surface area (TPSA) is 78.9 Å². The smallest absolute Gasteiger partial charge is 0.326 e. The van der Waals surface area contributed by atoms with Gasteiger partial charge in [-0.1, -0.05) is 55.5 Å². The molecule has 1 atom stereocenters. The van der Waals surface area contributed by atoms with Crippen molar-refractivity contribution in [3.63, 3.8) is 0 Å². The molecule has 2 amide bonds. The normalized spacial score (nSPS) is 21.0. The molecule has 0 radical (unpaired) electrons. The zero-order valence-corrected chi connectivity index (χ0v) is 21.2.